The SMILES string of the molecule is C.C.C.C.C.C.CCC[NH+](C)CC.CCC[NH+](CC)c1ccccc1.CC[NH+](C)C.CC[NH+](C)C.CC[NH+](C)CC.CC[NH+](C)CC.CC[NH+](C)CC.CC[NH+](C)c1ccccc1.CC[NH+](C)c1ccccc1.CC[NH+](CC)c1ccccc1.CC[NH+](CC)c1ccccc1.CC[NH+](CC)c1ccccc1. The van der Waals surface area contributed by atoms with E-state index in [2.05, 4.69) is 379 Å². The number of nitrogens with one attached hydrogen (secondary N) is 12. The van der Waals surface area contributed by atoms with Crippen LogP contribution in [0.15, 0.2) is 182 Å². The molecule has 12 N–H and O–H groups in total. The minimum absolute atomic E-state index is 0. The summed E-state index contributed by atoms with van der Waals surface area (Å²) in [5.41, 5.74) is 8.35. The molecule has 0 radical (unpaired) electrons. The van der Waals surface area contributed by atoms with E-state index >= 15 is 0 Å². The first kappa shape index (κ1) is 127. The zero-order chi connectivity index (χ0) is 77.2. The highest BCUT2D eigenvalue weighted by molar-refractivity contribution is 5.31. The molecule has 0 fully saturated rings. The topological polar surface area (TPSA) is 53.3 Å². The summed E-state index contributed by atoms with van der Waals surface area (Å²) >= 11 is 0. The quantitative estimate of drug-likeness (QED) is 0.0239. The van der Waals surface area contributed by atoms with Gasteiger partial charge < -0.3 is 58.8 Å². The van der Waals surface area contributed by atoms with Crippen molar-refractivity contribution < 1.29 is 58.8 Å². The van der Waals surface area contributed by atoms with Gasteiger partial charge in [0.2, 0.25) is 0 Å². The monoisotopic (exact) mass is 1500 g/mol. The lowest BCUT2D eigenvalue weighted by molar-refractivity contribution is -0.877. The number of rotatable bonds is 28. The van der Waals surface area contributed by atoms with E-state index in [0.717, 1.165) is 13.1 Å². The van der Waals surface area contributed by atoms with Gasteiger partial charge in [0.1, 0.15) is 34.1 Å². The second-order valence-corrected chi connectivity index (χ2v) is 26.3. The Morgan fingerprint density at radius 1 is 0.170 bits per heavy atom. The van der Waals surface area contributed by atoms with Crippen molar-refractivity contribution >= 4 is 34.1 Å². The summed E-state index contributed by atoms with van der Waals surface area (Å²) in [5, 5.41) is 0. The van der Waals surface area contributed by atoms with Crippen LogP contribution in [0.1, 0.15) is 196 Å². The molecule has 0 aliphatic carbocycles. The first-order valence-corrected chi connectivity index (χ1v) is 40.2. The number of quaternary nitrogens is 12. The fourth-order valence-electron chi connectivity index (χ4n) is 8.70. The summed E-state index contributed by atoms with van der Waals surface area (Å²) in [5.74, 6) is 0. The van der Waals surface area contributed by atoms with Crippen LogP contribution in [0.25, 0.3) is 0 Å². The van der Waals surface area contributed by atoms with Gasteiger partial charge in [0.05, 0.1) is 201 Å². The molecule has 6 rings (SSSR count). The van der Waals surface area contributed by atoms with Crippen LogP contribution in [-0.4, -0.2) is 201 Å². The molecule has 0 saturated carbocycles. The standard InChI is InChI=1S/C11H17N.3C10H15N.2C9H13N.C6H15N.3C5H13N.2C4H11N.6CH4/c1-3-10-12(4-2)11-8-6-5-7-9-11;3*1-3-11(4-2)10-8-6-5-7-9-10;2*1-3-10(2)9-7-5-4-6-8-9;1-4-6-7(3)5-2;3*1-4-6(3)5-2;2*1-4-5(2)3;;;;;;/h5-9H,3-4,10H2,1-2H3;3*5-9H,3-4H2,1-2H3;2*4-8H,3H2,1-2H3;4-6H2,1-3H3;3*4-5H2,1-3H3;2*4H2,1-3H3;6*1H4/p+12. The fourth-order valence-corrected chi connectivity index (χ4v) is 8.70. The average Bonchev–Trinajstić information content (AvgIpc) is 0.962. The lowest BCUT2D eigenvalue weighted by Crippen LogP contribution is -3.08. The van der Waals surface area contributed by atoms with Crippen LogP contribution in [0.2, 0.25) is 0 Å². The predicted molar refractivity (Wildman–Crippen MR) is 488 cm³/mol. The van der Waals surface area contributed by atoms with Crippen LogP contribution in [0.3, 0.4) is 0 Å². The highest BCUT2D eigenvalue weighted by atomic mass is 15.1. The maximum absolute atomic E-state index is 2.23. The van der Waals surface area contributed by atoms with Crippen molar-refractivity contribution in [2.75, 3.05) is 201 Å². The Morgan fingerprint density at radius 3 is 0.443 bits per heavy atom. The van der Waals surface area contributed by atoms with Crippen LogP contribution in [0.5, 0.6) is 0 Å². The molecule has 106 heavy (non-hydrogen) atoms. The first-order valence-electron chi connectivity index (χ1n) is 40.2. The molecular formula is C94H200N12+12. The molecule has 0 aliphatic rings. The molecule has 4 atom stereocenters. The molecule has 6 aromatic carbocycles. The van der Waals surface area contributed by atoms with Crippen molar-refractivity contribution in [3.63, 3.8) is 0 Å². The lowest BCUT2D eigenvalue weighted by atomic mass is 10.3. The van der Waals surface area contributed by atoms with Crippen molar-refractivity contribution in [3.05, 3.63) is 182 Å². The highest BCUT2D eigenvalue weighted by Crippen LogP contribution is 2.01. The van der Waals surface area contributed by atoms with Crippen molar-refractivity contribution in [1.82, 2.24) is 0 Å². The molecule has 0 aliphatic heterocycles. The van der Waals surface area contributed by atoms with Gasteiger partial charge >= 0.3 is 0 Å². The zero-order valence-corrected chi connectivity index (χ0v) is 71.9. The third kappa shape index (κ3) is 79.9. The summed E-state index contributed by atoms with van der Waals surface area (Å²) in [6.07, 6.45) is 2.55. The molecule has 0 amide bonds. The van der Waals surface area contributed by atoms with E-state index in [4.69, 9.17) is 0 Å². The largest absolute Gasteiger partial charge is 0.340 e. The number of para-hydroxylation sites is 6. The van der Waals surface area contributed by atoms with Gasteiger partial charge in [-0.1, -0.05) is 168 Å². The number of hydrogen-bond donors (Lipinski definition) is 12. The normalized spacial score (nSPS) is 10.7. The Balaban J connectivity index is -0.0000000915. The van der Waals surface area contributed by atoms with Crippen LogP contribution in [0.4, 0.5) is 34.1 Å². The molecule has 4 unspecified atom stereocenters. The molecule has 0 saturated heterocycles. The van der Waals surface area contributed by atoms with Crippen molar-refractivity contribution in [2.45, 2.75) is 196 Å². The van der Waals surface area contributed by atoms with Crippen LogP contribution in [-0.2, 0) is 0 Å². The summed E-state index contributed by atoms with van der Waals surface area (Å²) in [6.45, 7) is 68.2. The molecular weight excluding hydrogens is 1300 g/mol. The van der Waals surface area contributed by atoms with Gasteiger partial charge in [0.25, 0.3) is 0 Å². The van der Waals surface area contributed by atoms with Gasteiger partial charge in [-0.25, -0.2) is 0 Å². The van der Waals surface area contributed by atoms with Crippen LogP contribution >= 0.6 is 0 Å². The zero-order valence-electron chi connectivity index (χ0n) is 71.9. The van der Waals surface area contributed by atoms with Gasteiger partial charge in [-0.2, -0.15) is 0 Å². The Bertz CT molecular complexity index is 2190. The molecule has 6 aromatic rings. The molecule has 0 heterocycles. The van der Waals surface area contributed by atoms with Gasteiger partial charge in [-0.3, -0.25) is 0 Å². The summed E-state index contributed by atoms with van der Waals surface area (Å²) < 4.78 is 0. The fraction of sp³-hybridized carbons (Fsp3) is 0.617. The molecule has 0 spiro atoms. The minimum Gasteiger partial charge on any atom is -0.340 e. The smallest absolute Gasteiger partial charge is 0.131 e. The third-order valence-electron chi connectivity index (χ3n) is 18.2. The van der Waals surface area contributed by atoms with Gasteiger partial charge in [-0.05, 0) is 210 Å². The Hall–Kier alpha value is -5.16. The highest BCUT2D eigenvalue weighted by Gasteiger charge is 2.08. The van der Waals surface area contributed by atoms with Gasteiger partial charge in [-0.15, -0.1) is 0 Å². The minimum atomic E-state index is 0. The summed E-state index contributed by atoms with van der Waals surface area (Å²) in [7, 11) is 21.7. The second kappa shape index (κ2) is 95.9. The number of benzene rings is 6. The van der Waals surface area contributed by atoms with Crippen LogP contribution in [0, 0.1) is 0 Å². The van der Waals surface area contributed by atoms with E-state index < -0.39 is 0 Å². The van der Waals surface area contributed by atoms with Gasteiger partial charge in [0.15, 0.2) is 0 Å². The third-order valence-corrected chi connectivity index (χ3v) is 18.2. The van der Waals surface area contributed by atoms with Crippen molar-refractivity contribution in [1.29, 1.82) is 0 Å². The Kier molecular flexibility index (Phi) is 115. The molecule has 0 bridgehead atoms. The van der Waals surface area contributed by atoms with Crippen LogP contribution < -0.4 is 58.8 Å². The summed E-state index contributed by atoms with van der Waals surface area (Å²) in [6, 6.07) is 63.6. The van der Waals surface area contributed by atoms with Crippen molar-refractivity contribution in [3.8, 4) is 0 Å². The van der Waals surface area contributed by atoms with Gasteiger partial charge in [0, 0.05) is 0 Å². The Labute approximate surface area is 668 Å². The van der Waals surface area contributed by atoms with E-state index in [1.165, 1.54) is 184 Å². The first-order chi connectivity index (χ1) is 48.0. The van der Waals surface area contributed by atoms with Crippen molar-refractivity contribution in [2.24, 2.45) is 0 Å². The van der Waals surface area contributed by atoms with E-state index in [-0.39, 0.29) is 44.6 Å². The molecule has 624 valence electrons. The Morgan fingerprint density at radius 2 is 0.330 bits per heavy atom. The maximum Gasteiger partial charge on any atom is 0.131 e. The van der Waals surface area contributed by atoms with E-state index in [1.807, 2.05) is 12.1 Å². The predicted octanol–water partition coefficient (Wildman–Crippen LogP) is 7.74. The summed E-state index contributed by atoms with van der Waals surface area (Å²) in [4.78, 5) is 18.6. The lowest BCUT2D eigenvalue weighted by Gasteiger charge is -2.15. The maximum atomic E-state index is 2.23. The van der Waals surface area contributed by atoms with E-state index in [9.17, 15) is 0 Å². The molecule has 12 heteroatoms. The molecule has 12 nitrogen and oxygen atoms in total. The molecule has 0 aromatic heterocycles. The average molecular weight is 1500 g/mol. The van der Waals surface area contributed by atoms with E-state index in [0.29, 0.717) is 0 Å². The number of hydrogen-bond acceptors (Lipinski definition) is 0. The van der Waals surface area contributed by atoms with E-state index in [1.54, 1.807) is 39.2 Å². The second-order valence-electron chi connectivity index (χ2n) is 26.3.